The molecule has 3 heterocycles. The smallest absolute Gasteiger partial charge is 0.230 e. The molecule has 4 aromatic carbocycles. The molecule has 0 spiro atoms. The Balaban J connectivity index is 1.18. The van der Waals surface area contributed by atoms with Crippen molar-refractivity contribution in [3.8, 4) is 17.4 Å². The lowest BCUT2D eigenvalue weighted by Gasteiger charge is -2.40. The summed E-state index contributed by atoms with van der Waals surface area (Å²) in [4.78, 5) is 11.2. The van der Waals surface area contributed by atoms with Gasteiger partial charge in [0.2, 0.25) is 10.8 Å². The van der Waals surface area contributed by atoms with Gasteiger partial charge in [-0.25, -0.2) is 4.98 Å². The number of para-hydroxylation sites is 2. The van der Waals surface area contributed by atoms with Gasteiger partial charge in [-0.2, -0.15) is 4.52 Å². The molecule has 1 saturated heterocycles. The van der Waals surface area contributed by atoms with Gasteiger partial charge in [-0.3, -0.25) is 4.90 Å². The van der Waals surface area contributed by atoms with Crippen molar-refractivity contribution in [3.63, 3.8) is 0 Å². The monoisotopic (exact) mass is 639 g/mol. The third-order valence-electron chi connectivity index (χ3n) is 8.71. The molecule has 2 aromatic heterocycles. The molecule has 0 aliphatic carbocycles. The standard InChI is InChI=1S/C35H34ClN5O3S/c1-22(24-8-9-26-21-28(43-2)15-12-25(26)20-24)33-37-35-41(38-33)34(42)32(45-35)31(23-10-13-27(36)14-11-23)40-18-16-39(17-19-40)29-6-4-5-7-30(29)44-3/h4-15,20-22,31,42H,16-19H2,1-3H3/t22-,31-/m0/s1. The summed E-state index contributed by atoms with van der Waals surface area (Å²) in [5, 5.41) is 19.4. The number of hydrogen-bond acceptors (Lipinski definition) is 8. The van der Waals surface area contributed by atoms with E-state index in [2.05, 4.69) is 47.1 Å². The lowest BCUT2D eigenvalue weighted by molar-refractivity contribution is 0.210. The number of thiazole rings is 1. The maximum atomic E-state index is 11.6. The fraction of sp³-hybridized carbons (Fsp3) is 0.257. The molecule has 10 heteroatoms. The van der Waals surface area contributed by atoms with E-state index in [1.165, 1.54) is 11.3 Å². The lowest BCUT2D eigenvalue weighted by atomic mass is 9.97. The molecule has 0 amide bonds. The number of benzene rings is 4. The highest BCUT2D eigenvalue weighted by Crippen LogP contribution is 2.42. The van der Waals surface area contributed by atoms with Crippen LogP contribution >= 0.6 is 22.9 Å². The van der Waals surface area contributed by atoms with Gasteiger partial charge in [0.1, 0.15) is 11.5 Å². The van der Waals surface area contributed by atoms with Gasteiger partial charge in [0.05, 0.1) is 30.8 Å². The Hall–Kier alpha value is -4.31. The summed E-state index contributed by atoms with van der Waals surface area (Å²) in [6.07, 6.45) is 0. The summed E-state index contributed by atoms with van der Waals surface area (Å²) in [7, 11) is 3.39. The van der Waals surface area contributed by atoms with Crippen LogP contribution in [-0.2, 0) is 0 Å². The van der Waals surface area contributed by atoms with Gasteiger partial charge in [0.25, 0.3) is 0 Å². The number of halogens is 1. The molecule has 230 valence electrons. The van der Waals surface area contributed by atoms with Crippen LogP contribution in [0.3, 0.4) is 0 Å². The van der Waals surface area contributed by atoms with Crippen LogP contribution in [0.5, 0.6) is 17.4 Å². The first-order valence-electron chi connectivity index (χ1n) is 15.0. The Kier molecular flexibility index (Phi) is 7.99. The van der Waals surface area contributed by atoms with Crippen molar-refractivity contribution in [1.29, 1.82) is 0 Å². The van der Waals surface area contributed by atoms with Crippen molar-refractivity contribution in [2.75, 3.05) is 45.3 Å². The van der Waals surface area contributed by atoms with Crippen molar-refractivity contribution in [3.05, 3.63) is 112 Å². The van der Waals surface area contributed by atoms with Crippen LogP contribution in [0.4, 0.5) is 5.69 Å². The number of hydrogen-bond donors (Lipinski definition) is 1. The zero-order valence-electron chi connectivity index (χ0n) is 25.4. The summed E-state index contributed by atoms with van der Waals surface area (Å²) in [6, 6.07) is 28.3. The topological polar surface area (TPSA) is 75.4 Å². The normalized spacial score (nSPS) is 15.4. The quantitative estimate of drug-likeness (QED) is 0.186. The molecular formula is C35H34ClN5O3S. The number of fused-ring (bicyclic) bond motifs is 2. The van der Waals surface area contributed by atoms with Crippen LogP contribution in [0, 0.1) is 0 Å². The molecule has 0 radical (unpaired) electrons. The number of aromatic hydroxyl groups is 1. The van der Waals surface area contributed by atoms with E-state index in [1.807, 2.05) is 54.6 Å². The van der Waals surface area contributed by atoms with Gasteiger partial charge in [0, 0.05) is 37.1 Å². The largest absolute Gasteiger partial charge is 0.497 e. The maximum absolute atomic E-state index is 11.6. The third kappa shape index (κ3) is 5.56. The van der Waals surface area contributed by atoms with Crippen LogP contribution in [0.25, 0.3) is 15.7 Å². The summed E-state index contributed by atoms with van der Waals surface area (Å²) in [5.74, 6) is 2.45. The molecule has 0 unspecified atom stereocenters. The van der Waals surface area contributed by atoms with E-state index in [9.17, 15) is 5.11 Å². The highest BCUT2D eigenvalue weighted by molar-refractivity contribution is 7.17. The van der Waals surface area contributed by atoms with E-state index in [0.29, 0.717) is 15.8 Å². The molecule has 7 rings (SSSR count). The average molecular weight is 640 g/mol. The van der Waals surface area contributed by atoms with Gasteiger partial charge < -0.3 is 19.5 Å². The molecular weight excluding hydrogens is 606 g/mol. The van der Waals surface area contributed by atoms with Crippen molar-refractivity contribution in [2.45, 2.75) is 18.9 Å². The predicted molar refractivity (Wildman–Crippen MR) is 181 cm³/mol. The number of aromatic nitrogens is 3. The number of ether oxygens (including phenoxy) is 2. The van der Waals surface area contributed by atoms with E-state index in [-0.39, 0.29) is 17.8 Å². The predicted octanol–water partition coefficient (Wildman–Crippen LogP) is 7.38. The summed E-state index contributed by atoms with van der Waals surface area (Å²) >= 11 is 7.76. The molecule has 8 nitrogen and oxygen atoms in total. The van der Waals surface area contributed by atoms with Crippen LogP contribution in [-0.4, -0.2) is 65.0 Å². The molecule has 1 aliphatic heterocycles. The first kappa shape index (κ1) is 29.4. The fourth-order valence-electron chi connectivity index (χ4n) is 6.20. The second-order valence-electron chi connectivity index (χ2n) is 11.3. The zero-order chi connectivity index (χ0) is 31.1. The van der Waals surface area contributed by atoms with Crippen molar-refractivity contribution >= 4 is 44.4 Å². The average Bonchev–Trinajstić information content (AvgIpc) is 3.64. The molecule has 45 heavy (non-hydrogen) atoms. The van der Waals surface area contributed by atoms with Crippen LogP contribution < -0.4 is 14.4 Å². The maximum Gasteiger partial charge on any atom is 0.230 e. The summed E-state index contributed by atoms with van der Waals surface area (Å²) < 4.78 is 12.6. The molecule has 1 fully saturated rings. The third-order valence-corrected chi connectivity index (χ3v) is 10.0. The minimum Gasteiger partial charge on any atom is -0.497 e. The fourth-order valence-corrected chi connectivity index (χ4v) is 7.45. The lowest BCUT2D eigenvalue weighted by Crippen LogP contribution is -2.48. The number of anilines is 1. The van der Waals surface area contributed by atoms with Crippen LogP contribution in [0.1, 0.15) is 40.7 Å². The SMILES string of the molecule is COc1ccc2cc([C@H](C)c3nc4sc([C@H](c5ccc(Cl)cc5)N5CCN(c6ccccc6OC)CC5)c(O)n4n3)ccc2c1. The van der Waals surface area contributed by atoms with Gasteiger partial charge in [-0.1, -0.05) is 78.4 Å². The first-order valence-corrected chi connectivity index (χ1v) is 16.2. The van der Waals surface area contributed by atoms with Crippen molar-refractivity contribution in [1.82, 2.24) is 19.5 Å². The number of rotatable bonds is 8. The second-order valence-corrected chi connectivity index (χ2v) is 12.7. The van der Waals surface area contributed by atoms with Crippen molar-refractivity contribution < 1.29 is 14.6 Å². The Labute approximate surface area is 271 Å². The minimum absolute atomic E-state index is 0.0541. The van der Waals surface area contributed by atoms with Gasteiger partial charge in [-0.05, 0) is 58.3 Å². The minimum atomic E-state index is -0.172. The molecule has 2 atom stereocenters. The Morgan fingerprint density at radius 2 is 1.56 bits per heavy atom. The van der Waals surface area contributed by atoms with Crippen LogP contribution in [0.2, 0.25) is 5.02 Å². The molecule has 6 aromatic rings. The Morgan fingerprint density at radius 1 is 0.844 bits per heavy atom. The zero-order valence-corrected chi connectivity index (χ0v) is 26.9. The highest BCUT2D eigenvalue weighted by Gasteiger charge is 2.32. The second kappa shape index (κ2) is 12.2. The molecule has 1 aliphatic rings. The Bertz CT molecular complexity index is 1970. The van der Waals surface area contributed by atoms with Gasteiger partial charge in [0.15, 0.2) is 5.82 Å². The summed E-state index contributed by atoms with van der Waals surface area (Å²) in [5.41, 5.74) is 3.26. The molecule has 0 bridgehead atoms. The van der Waals surface area contributed by atoms with E-state index in [4.69, 9.17) is 31.2 Å². The van der Waals surface area contributed by atoms with Crippen molar-refractivity contribution in [2.24, 2.45) is 0 Å². The van der Waals surface area contributed by atoms with Gasteiger partial charge >= 0.3 is 0 Å². The summed E-state index contributed by atoms with van der Waals surface area (Å²) in [6.45, 7) is 5.35. The molecule has 1 N–H and O–H groups in total. The van der Waals surface area contributed by atoms with E-state index >= 15 is 0 Å². The van der Waals surface area contributed by atoms with E-state index < -0.39 is 0 Å². The highest BCUT2D eigenvalue weighted by atomic mass is 35.5. The van der Waals surface area contributed by atoms with Gasteiger partial charge in [-0.15, -0.1) is 5.10 Å². The number of nitrogens with zero attached hydrogens (tertiary/aromatic N) is 5. The van der Waals surface area contributed by atoms with E-state index in [0.717, 1.165) is 70.1 Å². The van der Waals surface area contributed by atoms with E-state index in [1.54, 1.807) is 18.7 Å². The number of piperazine rings is 1. The first-order chi connectivity index (χ1) is 21.9. The van der Waals surface area contributed by atoms with Crippen LogP contribution in [0.15, 0.2) is 84.9 Å². The molecule has 0 saturated carbocycles. The Morgan fingerprint density at radius 3 is 2.29 bits per heavy atom. The number of methoxy groups -OCH3 is 2.